The van der Waals surface area contributed by atoms with Crippen LogP contribution in [0, 0.1) is 7.14 Å². The second kappa shape index (κ2) is 9.64. The zero-order valence-corrected chi connectivity index (χ0v) is 19.5. The number of amides is 1. The van der Waals surface area contributed by atoms with Gasteiger partial charge in [-0.25, -0.2) is 4.79 Å². The Morgan fingerprint density at radius 3 is 2.33 bits per heavy atom. The van der Waals surface area contributed by atoms with Crippen molar-refractivity contribution >= 4 is 80.1 Å². The first-order valence-electron chi connectivity index (χ1n) is 7.78. The molecular formula is C18H16I2N2O4S. The van der Waals surface area contributed by atoms with Crippen LogP contribution < -0.4 is 15.4 Å². The summed E-state index contributed by atoms with van der Waals surface area (Å²) in [7, 11) is 0. The highest BCUT2D eigenvalue weighted by Gasteiger charge is 2.17. The number of thiocarbonyl (C=S) groups is 1. The zero-order valence-electron chi connectivity index (χ0n) is 14.4. The third-order valence-corrected chi connectivity index (χ3v) is 4.92. The number of nitrogens with one attached hydrogen (secondary N) is 2. The highest BCUT2D eigenvalue weighted by atomic mass is 127. The van der Waals surface area contributed by atoms with Gasteiger partial charge in [-0.3, -0.25) is 10.1 Å². The van der Waals surface area contributed by atoms with Gasteiger partial charge in [0.05, 0.1) is 17.4 Å². The Morgan fingerprint density at radius 1 is 1.15 bits per heavy atom. The summed E-state index contributed by atoms with van der Waals surface area (Å²) < 4.78 is 7.01. The Hall–Kier alpha value is -1.47. The van der Waals surface area contributed by atoms with Gasteiger partial charge in [0, 0.05) is 12.7 Å². The molecule has 0 radical (unpaired) electrons. The Labute approximate surface area is 189 Å². The van der Waals surface area contributed by atoms with Crippen LogP contribution in [0.3, 0.4) is 0 Å². The smallest absolute Gasteiger partial charge is 0.337 e. The first kappa shape index (κ1) is 21.8. The molecule has 0 aliphatic heterocycles. The van der Waals surface area contributed by atoms with Crippen molar-refractivity contribution in [2.24, 2.45) is 0 Å². The van der Waals surface area contributed by atoms with E-state index in [0.29, 0.717) is 20.6 Å². The van der Waals surface area contributed by atoms with Crippen molar-refractivity contribution in [3.05, 3.63) is 54.7 Å². The van der Waals surface area contributed by atoms with Crippen LogP contribution in [0.1, 0.15) is 34.6 Å². The first-order valence-corrected chi connectivity index (χ1v) is 10.4. The quantitative estimate of drug-likeness (QED) is 0.342. The van der Waals surface area contributed by atoms with E-state index < -0.39 is 11.9 Å². The van der Waals surface area contributed by atoms with E-state index in [1.165, 1.54) is 6.07 Å². The Morgan fingerprint density at radius 2 is 1.78 bits per heavy atom. The lowest BCUT2D eigenvalue weighted by molar-refractivity contribution is 0.0697. The van der Waals surface area contributed by atoms with Gasteiger partial charge >= 0.3 is 5.97 Å². The number of carbonyl (C=O) groups excluding carboxylic acids is 1. The van der Waals surface area contributed by atoms with Crippen molar-refractivity contribution < 1.29 is 19.4 Å². The van der Waals surface area contributed by atoms with Crippen LogP contribution in [-0.4, -0.2) is 28.2 Å². The molecule has 0 aliphatic rings. The second-order valence-corrected chi connectivity index (χ2v) is 8.53. The molecule has 0 fully saturated rings. The van der Waals surface area contributed by atoms with Crippen molar-refractivity contribution in [1.29, 1.82) is 0 Å². The third-order valence-electron chi connectivity index (χ3n) is 3.24. The highest BCUT2D eigenvalue weighted by molar-refractivity contribution is 14.1. The monoisotopic (exact) mass is 610 g/mol. The molecule has 0 aromatic heterocycles. The lowest BCUT2D eigenvalue weighted by atomic mass is 10.2. The minimum atomic E-state index is -1.08. The van der Waals surface area contributed by atoms with Crippen LogP contribution in [0.5, 0.6) is 5.75 Å². The molecule has 9 heteroatoms. The van der Waals surface area contributed by atoms with E-state index in [4.69, 9.17) is 17.0 Å². The van der Waals surface area contributed by atoms with Gasteiger partial charge in [-0.05, 0) is 108 Å². The Balaban J connectivity index is 2.10. The van der Waals surface area contributed by atoms with Gasteiger partial charge < -0.3 is 15.2 Å². The summed E-state index contributed by atoms with van der Waals surface area (Å²) in [6.07, 6.45) is 0.0429. The van der Waals surface area contributed by atoms with Crippen molar-refractivity contribution in [3.63, 3.8) is 0 Å². The summed E-state index contributed by atoms with van der Waals surface area (Å²) in [6.45, 7) is 3.84. The van der Waals surface area contributed by atoms with E-state index in [1.807, 2.05) is 65.1 Å². The summed E-state index contributed by atoms with van der Waals surface area (Å²) in [4.78, 5) is 23.8. The van der Waals surface area contributed by atoms with Gasteiger partial charge in [0.15, 0.2) is 5.11 Å². The molecule has 6 nitrogen and oxygen atoms in total. The zero-order chi connectivity index (χ0) is 20.1. The first-order chi connectivity index (χ1) is 12.7. The number of carboxylic acids is 1. The third kappa shape index (κ3) is 6.28. The minimum Gasteiger partial charge on any atom is -0.491 e. The van der Waals surface area contributed by atoms with E-state index in [-0.39, 0.29) is 16.8 Å². The average Bonchev–Trinajstić information content (AvgIpc) is 2.56. The van der Waals surface area contributed by atoms with Crippen molar-refractivity contribution in [1.82, 2.24) is 5.32 Å². The standard InChI is InChI=1S/C18H16I2N2O4S/c1-9(2)26-12-5-3-10(4-6-12)16(23)22-18(27)21-15-13(17(24)25)7-11(19)8-14(15)20/h3-9H,1-2H3,(H,24,25)(H2,21,22,23,27). The molecule has 0 saturated heterocycles. The van der Waals surface area contributed by atoms with Gasteiger partial charge in [0.25, 0.3) is 5.91 Å². The number of benzene rings is 2. The second-order valence-electron chi connectivity index (χ2n) is 5.71. The number of rotatable bonds is 5. The number of hydrogen-bond acceptors (Lipinski definition) is 4. The minimum absolute atomic E-state index is 0.0177. The highest BCUT2D eigenvalue weighted by Crippen LogP contribution is 2.26. The molecule has 3 N–H and O–H groups in total. The van der Waals surface area contributed by atoms with Crippen molar-refractivity contribution in [3.8, 4) is 5.75 Å². The summed E-state index contributed by atoms with van der Waals surface area (Å²) in [6, 6.07) is 10.0. The molecule has 27 heavy (non-hydrogen) atoms. The van der Waals surface area contributed by atoms with Gasteiger partial charge in [0.2, 0.25) is 0 Å². The molecule has 142 valence electrons. The number of hydrogen-bond donors (Lipinski definition) is 3. The fourth-order valence-corrected chi connectivity index (χ4v) is 4.32. The Kier molecular flexibility index (Phi) is 7.79. The van der Waals surface area contributed by atoms with Gasteiger partial charge in [0.1, 0.15) is 5.75 Å². The van der Waals surface area contributed by atoms with E-state index in [0.717, 1.165) is 3.57 Å². The van der Waals surface area contributed by atoms with Gasteiger partial charge in [-0.2, -0.15) is 0 Å². The number of halogens is 2. The van der Waals surface area contributed by atoms with Crippen LogP contribution in [-0.2, 0) is 0 Å². The SMILES string of the molecule is CC(C)Oc1ccc(C(=O)NC(=S)Nc2c(I)cc(I)cc2C(=O)O)cc1. The maximum absolute atomic E-state index is 12.3. The van der Waals surface area contributed by atoms with E-state index in [1.54, 1.807) is 24.3 Å². The number of aromatic carboxylic acids is 1. The lowest BCUT2D eigenvalue weighted by Gasteiger charge is -2.14. The maximum atomic E-state index is 12.3. The summed E-state index contributed by atoms with van der Waals surface area (Å²) in [5.74, 6) is -0.813. The van der Waals surface area contributed by atoms with Gasteiger partial charge in [-0.15, -0.1) is 0 Å². The molecule has 0 spiro atoms. The molecule has 0 saturated carbocycles. The number of ether oxygens (including phenoxy) is 1. The molecule has 0 atom stereocenters. The van der Waals surface area contributed by atoms with Crippen molar-refractivity contribution in [2.45, 2.75) is 20.0 Å². The average molecular weight is 610 g/mol. The number of carbonyl (C=O) groups is 2. The van der Waals surface area contributed by atoms with Crippen LogP contribution in [0.4, 0.5) is 5.69 Å². The maximum Gasteiger partial charge on any atom is 0.337 e. The topological polar surface area (TPSA) is 87.7 Å². The molecule has 2 aromatic carbocycles. The predicted octanol–water partition coefficient (Wildman–Crippen LogP) is 4.51. The lowest BCUT2D eigenvalue weighted by Crippen LogP contribution is -2.34. The summed E-state index contributed by atoms with van der Waals surface area (Å²) in [5.41, 5.74) is 0.832. The molecular weight excluding hydrogens is 594 g/mol. The fraction of sp³-hybridized carbons (Fsp3) is 0.167. The van der Waals surface area contributed by atoms with E-state index in [9.17, 15) is 14.7 Å². The van der Waals surface area contributed by atoms with E-state index in [2.05, 4.69) is 10.6 Å². The normalized spacial score (nSPS) is 10.4. The molecule has 0 unspecified atom stereocenters. The number of anilines is 1. The summed E-state index contributed by atoms with van der Waals surface area (Å²) >= 11 is 9.23. The largest absolute Gasteiger partial charge is 0.491 e. The van der Waals surface area contributed by atoms with Crippen LogP contribution >= 0.6 is 57.4 Å². The molecule has 2 aromatic rings. The van der Waals surface area contributed by atoms with E-state index >= 15 is 0 Å². The molecule has 1 amide bonds. The van der Waals surface area contributed by atoms with Crippen molar-refractivity contribution in [2.75, 3.05) is 5.32 Å². The molecule has 0 bridgehead atoms. The predicted molar refractivity (Wildman–Crippen MR) is 125 cm³/mol. The fourth-order valence-electron chi connectivity index (χ4n) is 2.15. The van der Waals surface area contributed by atoms with Crippen LogP contribution in [0.2, 0.25) is 0 Å². The Bertz CT molecular complexity index is 886. The molecule has 0 heterocycles. The summed E-state index contributed by atoms with van der Waals surface area (Å²) in [5, 5.41) is 14.8. The molecule has 0 aliphatic carbocycles. The van der Waals surface area contributed by atoms with Gasteiger partial charge in [-0.1, -0.05) is 0 Å². The number of carboxylic acid groups (broad SMARTS) is 1. The van der Waals surface area contributed by atoms with Crippen LogP contribution in [0.25, 0.3) is 0 Å². The molecule has 2 rings (SSSR count). The van der Waals surface area contributed by atoms with Crippen LogP contribution in [0.15, 0.2) is 36.4 Å².